The fourth-order valence-corrected chi connectivity index (χ4v) is 5.76. The number of fused-ring (bicyclic) bond motifs is 5. The summed E-state index contributed by atoms with van der Waals surface area (Å²) in [6.45, 7) is 2.47. The van der Waals surface area contributed by atoms with Gasteiger partial charge in [0.15, 0.2) is 6.61 Å². The standard InChI is InChI=1S/C24H30F2O6/c1-13(2)22(32-20-11-15-10-19(20)18-5-3-4-17(15)18)31-16-8-6-14(7-9-16)21(27)30-12-24(25,26)23(28)29/h6-9,13,15,17-20,22H,3-5,10-12H2,1-2H3,(H,28,29)/p-1. The van der Waals surface area contributed by atoms with E-state index < -0.39 is 30.8 Å². The summed E-state index contributed by atoms with van der Waals surface area (Å²) < 4.78 is 42.9. The third-order valence-electron chi connectivity index (χ3n) is 7.25. The Balaban J connectivity index is 1.33. The summed E-state index contributed by atoms with van der Waals surface area (Å²) in [7, 11) is 0. The normalized spacial score (nSPS) is 29.7. The maximum atomic E-state index is 13.0. The second-order valence-corrected chi connectivity index (χ2v) is 9.65. The molecule has 0 N–H and O–H groups in total. The Morgan fingerprint density at radius 3 is 2.44 bits per heavy atom. The zero-order valence-corrected chi connectivity index (χ0v) is 18.3. The van der Waals surface area contributed by atoms with Crippen LogP contribution < -0.4 is 9.84 Å². The molecule has 2 bridgehead atoms. The van der Waals surface area contributed by atoms with Gasteiger partial charge < -0.3 is 24.1 Å². The largest absolute Gasteiger partial charge is 0.544 e. The van der Waals surface area contributed by atoms with Gasteiger partial charge in [0.25, 0.3) is 0 Å². The van der Waals surface area contributed by atoms with Crippen molar-refractivity contribution in [2.24, 2.45) is 29.6 Å². The van der Waals surface area contributed by atoms with Crippen molar-refractivity contribution in [1.82, 2.24) is 0 Å². The van der Waals surface area contributed by atoms with Crippen molar-refractivity contribution in [3.63, 3.8) is 0 Å². The van der Waals surface area contributed by atoms with E-state index in [1.54, 1.807) is 12.1 Å². The summed E-state index contributed by atoms with van der Waals surface area (Å²) in [6.07, 6.45) is 6.15. The van der Waals surface area contributed by atoms with Crippen LogP contribution in [0.2, 0.25) is 0 Å². The van der Waals surface area contributed by atoms with E-state index in [-0.39, 0.29) is 17.6 Å². The second-order valence-electron chi connectivity index (χ2n) is 9.65. The topological polar surface area (TPSA) is 84.9 Å². The number of hydrogen-bond donors (Lipinski definition) is 0. The molecule has 6 unspecified atom stereocenters. The number of hydrogen-bond acceptors (Lipinski definition) is 6. The fraction of sp³-hybridized carbons (Fsp3) is 0.667. The highest BCUT2D eigenvalue weighted by atomic mass is 19.3. The van der Waals surface area contributed by atoms with Gasteiger partial charge in [0.05, 0.1) is 11.7 Å². The minimum atomic E-state index is -4.24. The molecule has 6 atom stereocenters. The minimum absolute atomic E-state index is 0.00823. The van der Waals surface area contributed by atoms with Crippen molar-refractivity contribution in [3.8, 4) is 5.75 Å². The SMILES string of the molecule is CC(C)C(Oc1ccc(C(=O)OCC(F)(F)C(=O)[O-])cc1)OC1CC2CC1C1CCCC21. The number of carbonyl (C=O) groups excluding carboxylic acids is 2. The number of carboxylic acid groups (broad SMARTS) is 1. The van der Waals surface area contributed by atoms with Crippen LogP contribution in [0.3, 0.4) is 0 Å². The Morgan fingerprint density at radius 1 is 1.09 bits per heavy atom. The number of ether oxygens (including phenoxy) is 3. The lowest BCUT2D eigenvalue weighted by Crippen LogP contribution is -2.45. The maximum Gasteiger partial charge on any atom is 0.338 e. The number of rotatable bonds is 9. The average Bonchev–Trinajstić information content (AvgIpc) is 3.45. The zero-order chi connectivity index (χ0) is 23.0. The van der Waals surface area contributed by atoms with E-state index >= 15 is 0 Å². The molecule has 3 fully saturated rings. The molecular weight excluding hydrogens is 422 g/mol. The molecule has 3 aliphatic rings. The lowest BCUT2D eigenvalue weighted by molar-refractivity contribution is -0.331. The highest BCUT2D eigenvalue weighted by Gasteiger charge is 2.54. The molecule has 0 amide bonds. The van der Waals surface area contributed by atoms with Gasteiger partial charge in [0.1, 0.15) is 11.7 Å². The molecule has 8 heteroatoms. The molecule has 1 aromatic rings. The number of esters is 1. The van der Waals surface area contributed by atoms with E-state index in [0.717, 1.165) is 24.2 Å². The third kappa shape index (κ3) is 4.60. The Bertz CT molecular complexity index is 839. The molecular formula is C24H29F2O6-. The molecule has 0 aliphatic heterocycles. The van der Waals surface area contributed by atoms with Gasteiger partial charge in [-0.15, -0.1) is 0 Å². The van der Waals surface area contributed by atoms with Gasteiger partial charge in [0.2, 0.25) is 6.29 Å². The summed E-state index contributed by atoms with van der Waals surface area (Å²) in [5.74, 6) is -4.20. The van der Waals surface area contributed by atoms with E-state index in [4.69, 9.17) is 9.47 Å². The van der Waals surface area contributed by atoms with Crippen LogP contribution in [0.15, 0.2) is 24.3 Å². The molecule has 1 aromatic carbocycles. The number of halogens is 2. The molecule has 32 heavy (non-hydrogen) atoms. The Hall–Kier alpha value is -2.22. The van der Waals surface area contributed by atoms with Crippen molar-refractivity contribution in [1.29, 1.82) is 0 Å². The molecule has 0 radical (unpaired) electrons. The van der Waals surface area contributed by atoms with E-state index in [1.165, 1.54) is 37.8 Å². The molecule has 3 aliphatic carbocycles. The van der Waals surface area contributed by atoms with Crippen molar-refractivity contribution in [2.75, 3.05) is 6.61 Å². The van der Waals surface area contributed by atoms with E-state index in [0.29, 0.717) is 11.7 Å². The quantitative estimate of drug-likeness (QED) is 0.423. The van der Waals surface area contributed by atoms with Crippen LogP contribution in [0, 0.1) is 29.6 Å². The van der Waals surface area contributed by atoms with Crippen LogP contribution in [-0.4, -0.2) is 36.9 Å². The molecule has 3 saturated carbocycles. The first-order chi connectivity index (χ1) is 15.2. The van der Waals surface area contributed by atoms with Gasteiger partial charge in [-0.25, -0.2) is 4.79 Å². The van der Waals surface area contributed by atoms with Crippen LogP contribution >= 0.6 is 0 Å². The Labute approximate surface area is 186 Å². The average molecular weight is 451 g/mol. The van der Waals surface area contributed by atoms with Gasteiger partial charge in [-0.2, -0.15) is 8.78 Å². The first-order valence-corrected chi connectivity index (χ1v) is 11.3. The third-order valence-corrected chi connectivity index (χ3v) is 7.25. The molecule has 176 valence electrons. The van der Waals surface area contributed by atoms with Crippen molar-refractivity contribution >= 4 is 11.9 Å². The highest BCUT2D eigenvalue weighted by molar-refractivity contribution is 5.89. The summed E-state index contributed by atoms with van der Waals surface area (Å²) in [5.41, 5.74) is 0.00823. The number of aliphatic carboxylic acids is 1. The first-order valence-electron chi connectivity index (χ1n) is 11.3. The van der Waals surface area contributed by atoms with Crippen molar-refractivity contribution < 1.29 is 37.7 Å². The van der Waals surface area contributed by atoms with Gasteiger partial charge in [-0.05, 0) is 73.6 Å². The highest BCUT2D eigenvalue weighted by Crippen LogP contribution is 2.59. The number of alkyl halides is 2. The summed E-state index contributed by atoms with van der Waals surface area (Å²) >= 11 is 0. The predicted octanol–water partition coefficient (Wildman–Crippen LogP) is 3.43. The first kappa shape index (κ1) is 23.0. The number of carboxylic acids is 1. The molecule has 0 heterocycles. The van der Waals surface area contributed by atoms with E-state index in [9.17, 15) is 23.5 Å². The summed E-state index contributed by atoms with van der Waals surface area (Å²) in [4.78, 5) is 22.2. The molecule has 4 rings (SSSR count). The van der Waals surface area contributed by atoms with Gasteiger partial charge in [-0.1, -0.05) is 20.3 Å². The smallest absolute Gasteiger partial charge is 0.338 e. The van der Waals surface area contributed by atoms with Gasteiger partial charge in [0, 0.05) is 5.92 Å². The van der Waals surface area contributed by atoms with Crippen LogP contribution in [0.5, 0.6) is 5.75 Å². The van der Waals surface area contributed by atoms with Gasteiger partial charge in [-0.3, -0.25) is 0 Å². The summed E-state index contributed by atoms with van der Waals surface area (Å²) in [5, 5.41) is 10.3. The molecule has 0 spiro atoms. The minimum Gasteiger partial charge on any atom is -0.544 e. The Kier molecular flexibility index (Phi) is 6.43. The van der Waals surface area contributed by atoms with Crippen LogP contribution in [0.4, 0.5) is 8.78 Å². The van der Waals surface area contributed by atoms with Crippen molar-refractivity contribution in [2.45, 2.75) is 64.3 Å². The van der Waals surface area contributed by atoms with Crippen LogP contribution in [0.25, 0.3) is 0 Å². The maximum absolute atomic E-state index is 13.0. The molecule has 6 nitrogen and oxygen atoms in total. The fourth-order valence-electron chi connectivity index (χ4n) is 5.76. The summed E-state index contributed by atoms with van der Waals surface area (Å²) in [6, 6.07) is 5.85. The van der Waals surface area contributed by atoms with E-state index in [2.05, 4.69) is 4.74 Å². The number of carbonyl (C=O) groups is 2. The monoisotopic (exact) mass is 451 g/mol. The van der Waals surface area contributed by atoms with Crippen LogP contribution in [-0.2, 0) is 14.3 Å². The lowest BCUT2D eigenvalue weighted by Gasteiger charge is -2.35. The molecule has 0 aromatic heterocycles. The predicted molar refractivity (Wildman–Crippen MR) is 108 cm³/mol. The van der Waals surface area contributed by atoms with E-state index in [1.807, 2.05) is 13.8 Å². The van der Waals surface area contributed by atoms with Gasteiger partial charge >= 0.3 is 11.9 Å². The molecule has 0 saturated heterocycles. The Morgan fingerprint density at radius 2 is 1.78 bits per heavy atom. The van der Waals surface area contributed by atoms with Crippen molar-refractivity contribution in [3.05, 3.63) is 29.8 Å². The zero-order valence-electron chi connectivity index (χ0n) is 18.3. The number of benzene rings is 1. The van der Waals surface area contributed by atoms with Crippen LogP contribution in [0.1, 0.15) is 56.3 Å². The second kappa shape index (κ2) is 8.96. The lowest BCUT2D eigenvalue weighted by atomic mass is 9.80.